The number of methoxy groups -OCH3 is 8. The van der Waals surface area contributed by atoms with Gasteiger partial charge < -0.3 is 52.1 Å². The molecule has 0 amide bonds. The fraction of sp³-hybridized carbons (Fsp3) is 1.00. The summed E-state index contributed by atoms with van der Waals surface area (Å²) < 4.78 is 63.2. The van der Waals surface area contributed by atoms with Gasteiger partial charge in [-0.3, -0.25) is 0 Å². The quantitative estimate of drug-likeness (QED) is 0.393. The molecule has 2 aliphatic heterocycles. The van der Waals surface area contributed by atoms with Gasteiger partial charge in [-0.25, -0.2) is 0 Å². The van der Waals surface area contributed by atoms with Crippen molar-refractivity contribution in [2.24, 2.45) is 0 Å². The van der Waals surface area contributed by atoms with E-state index in [0.717, 1.165) is 0 Å². The van der Waals surface area contributed by atoms with Gasteiger partial charge in [-0.1, -0.05) is 0 Å². The molecule has 0 aromatic heterocycles. The van der Waals surface area contributed by atoms with Gasteiger partial charge in [0.05, 0.1) is 13.2 Å². The van der Waals surface area contributed by atoms with Crippen molar-refractivity contribution in [3.8, 4) is 0 Å². The standard InChI is InChI=1S/C20H38O11/c1-21-9-11-13(23-3)15(24-4)18(27-7)20(30-11)31-14-12(10-22-2)29-19(28-8)17(26-6)16(14)25-5/h11-20H,9-10H2,1-8H3/t11?,12?,13-,14-,15-,16-,17+,18+,19-,20+/m1/s1. The summed E-state index contributed by atoms with van der Waals surface area (Å²) in [4.78, 5) is 0. The predicted molar refractivity (Wildman–Crippen MR) is 107 cm³/mol. The van der Waals surface area contributed by atoms with Gasteiger partial charge in [0.25, 0.3) is 0 Å². The number of hydrogen-bond donors (Lipinski definition) is 0. The van der Waals surface area contributed by atoms with Crippen LogP contribution in [-0.4, -0.2) is 132 Å². The van der Waals surface area contributed by atoms with Gasteiger partial charge in [0.1, 0.15) is 48.8 Å². The molecule has 2 rings (SSSR count). The van der Waals surface area contributed by atoms with E-state index in [-0.39, 0.29) is 13.2 Å². The second kappa shape index (κ2) is 13.3. The molecule has 0 N–H and O–H groups in total. The normalized spacial score (nSPS) is 41.4. The van der Waals surface area contributed by atoms with Gasteiger partial charge in [0.2, 0.25) is 0 Å². The molecule has 2 unspecified atom stereocenters. The molecule has 0 bridgehead atoms. The van der Waals surface area contributed by atoms with Crippen molar-refractivity contribution < 1.29 is 52.1 Å². The maximum Gasteiger partial charge on any atom is 0.187 e. The molecule has 2 aliphatic rings. The first-order valence-corrected chi connectivity index (χ1v) is 10.2. The summed E-state index contributed by atoms with van der Waals surface area (Å²) in [6.07, 6.45) is -5.50. The van der Waals surface area contributed by atoms with E-state index in [4.69, 9.17) is 52.1 Å². The van der Waals surface area contributed by atoms with Gasteiger partial charge in [-0.15, -0.1) is 0 Å². The average molecular weight is 455 g/mol. The Bertz CT molecular complexity index is 496. The predicted octanol–water partition coefficient (Wildman–Crippen LogP) is -0.164. The zero-order chi connectivity index (χ0) is 23.0. The van der Waals surface area contributed by atoms with Crippen LogP contribution in [0.1, 0.15) is 0 Å². The summed E-state index contributed by atoms with van der Waals surface area (Å²) in [5, 5.41) is 0. The maximum absolute atomic E-state index is 6.43. The van der Waals surface area contributed by atoms with Crippen molar-refractivity contribution in [2.75, 3.05) is 70.1 Å². The van der Waals surface area contributed by atoms with Gasteiger partial charge in [0.15, 0.2) is 12.6 Å². The summed E-state index contributed by atoms with van der Waals surface area (Å²) in [7, 11) is 12.6. The molecule has 0 radical (unpaired) electrons. The Labute approximate surface area is 184 Å². The first kappa shape index (κ1) is 26.8. The zero-order valence-corrected chi connectivity index (χ0v) is 19.7. The summed E-state index contributed by atoms with van der Waals surface area (Å²) >= 11 is 0. The van der Waals surface area contributed by atoms with Crippen LogP contribution in [0.3, 0.4) is 0 Å². The topological polar surface area (TPSA) is 102 Å². The van der Waals surface area contributed by atoms with Crippen molar-refractivity contribution in [1.29, 1.82) is 0 Å². The highest BCUT2D eigenvalue weighted by molar-refractivity contribution is 4.96. The second-order valence-electron chi connectivity index (χ2n) is 7.33. The molecule has 2 fully saturated rings. The van der Waals surface area contributed by atoms with E-state index in [1.54, 1.807) is 56.9 Å². The van der Waals surface area contributed by atoms with Crippen molar-refractivity contribution in [2.45, 2.75) is 61.4 Å². The van der Waals surface area contributed by atoms with Crippen molar-refractivity contribution in [3.05, 3.63) is 0 Å². The fourth-order valence-electron chi connectivity index (χ4n) is 4.29. The van der Waals surface area contributed by atoms with Crippen molar-refractivity contribution >= 4 is 0 Å². The monoisotopic (exact) mass is 454 g/mol. The Morgan fingerprint density at radius 2 is 0.871 bits per heavy atom. The van der Waals surface area contributed by atoms with Crippen LogP contribution < -0.4 is 0 Å². The Kier molecular flexibility index (Phi) is 11.5. The molecule has 11 nitrogen and oxygen atoms in total. The number of ether oxygens (including phenoxy) is 11. The molecule has 0 saturated carbocycles. The minimum absolute atomic E-state index is 0.251. The van der Waals surface area contributed by atoms with E-state index in [9.17, 15) is 0 Å². The van der Waals surface area contributed by atoms with Gasteiger partial charge in [0, 0.05) is 56.9 Å². The first-order chi connectivity index (χ1) is 15.0. The molecule has 0 aliphatic carbocycles. The van der Waals surface area contributed by atoms with E-state index in [1.165, 1.54) is 0 Å². The third-order valence-electron chi connectivity index (χ3n) is 5.73. The highest BCUT2D eigenvalue weighted by Gasteiger charge is 2.53. The van der Waals surface area contributed by atoms with Crippen LogP contribution in [0.25, 0.3) is 0 Å². The Morgan fingerprint density at radius 3 is 1.32 bits per heavy atom. The van der Waals surface area contributed by atoms with Gasteiger partial charge >= 0.3 is 0 Å². The molecule has 2 heterocycles. The average Bonchev–Trinajstić information content (AvgIpc) is 2.79. The van der Waals surface area contributed by atoms with Crippen LogP contribution in [0.5, 0.6) is 0 Å². The van der Waals surface area contributed by atoms with Crippen LogP contribution in [0.4, 0.5) is 0 Å². The van der Waals surface area contributed by atoms with E-state index >= 15 is 0 Å². The SMILES string of the molecule is COCC1O[C@@H](O[C@@H]2C(COC)O[C@@H](OC)[C@@H](OC)[C@@H]2OC)[C@@H](OC)[C@H](OC)[C@@H]1OC. The van der Waals surface area contributed by atoms with Crippen LogP contribution in [0, 0.1) is 0 Å². The molecule has 2 saturated heterocycles. The van der Waals surface area contributed by atoms with E-state index in [0.29, 0.717) is 0 Å². The van der Waals surface area contributed by atoms with E-state index in [2.05, 4.69) is 0 Å². The zero-order valence-electron chi connectivity index (χ0n) is 19.7. The highest BCUT2D eigenvalue weighted by atomic mass is 16.8. The van der Waals surface area contributed by atoms with Crippen molar-refractivity contribution in [1.82, 2.24) is 0 Å². The minimum Gasteiger partial charge on any atom is -0.382 e. The molecular formula is C20H38O11. The summed E-state index contributed by atoms with van der Waals surface area (Å²) in [6.45, 7) is 0.540. The lowest BCUT2D eigenvalue weighted by Gasteiger charge is -2.49. The smallest absolute Gasteiger partial charge is 0.187 e. The lowest BCUT2D eigenvalue weighted by Crippen LogP contribution is -2.66. The lowest BCUT2D eigenvalue weighted by molar-refractivity contribution is -0.365. The molecule has 0 spiro atoms. The van der Waals surface area contributed by atoms with Crippen LogP contribution in [0.2, 0.25) is 0 Å². The first-order valence-electron chi connectivity index (χ1n) is 10.2. The highest BCUT2D eigenvalue weighted by Crippen LogP contribution is 2.33. The molecule has 0 aromatic carbocycles. The Balaban J connectivity index is 2.32. The van der Waals surface area contributed by atoms with E-state index < -0.39 is 61.4 Å². The van der Waals surface area contributed by atoms with Gasteiger partial charge in [-0.2, -0.15) is 0 Å². The summed E-state index contributed by atoms with van der Waals surface area (Å²) in [6, 6.07) is 0. The third kappa shape index (κ3) is 5.92. The fourth-order valence-corrected chi connectivity index (χ4v) is 4.29. The summed E-state index contributed by atoms with van der Waals surface area (Å²) in [5.41, 5.74) is 0. The third-order valence-corrected chi connectivity index (χ3v) is 5.73. The molecule has 31 heavy (non-hydrogen) atoms. The van der Waals surface area contributed by atoms with Crippen LogP contribution >= 0.6 is 0 Å². The molecule has 0 aromatic rings. The molecule has 184 valence electrons. The van der Waals surface area contributed by atoms with Crippen molar-refractivity contribution in [3.63, 3.8) is 0 Å². The second-order valence-corrected chi connectivity index (χ2v) is 7.33. The van der Waals surface area contributed by atoms with E-state index in [1.807, 2.05) is 0 Å². The minimum atomic E-state index is -0.816. The molecule has 11 heteroatoms. The largest absolute Gasteiger partial charge is 0.382 e. The van der Waals surface area contributed by atoms with Crippen LogP contribution in [-0.2, 0) is 52.1 Å². The van der Waals surface area contributed by atoms with Crippen LogP contribution in [0.15, 0.2) is 0 Å². The Morgan fingerprint density at radius 1 is 0.452 bits per heavy atom. The number of rotatable bonds is 12. The number of hydrogen-bond acceptors (Lipinski definition) is 11. The Hall–Kier alpha value is -0.440. The van der Waals surface area contributed by atoms with Gasteiger partial charge in [-0.05, 0) is 0 Å². The summed E-state index contributed by atoms with van der Waals surface area (Å²) in [5.74, 6) is 0. The maximum atomic E-state index is 6.43. The lowest BCUT2D eigenvalue weighted by atomic mass is 9.96. The molecular weight excluding hydrogens is 416 g/mol. The molecule has 10 atom stereocenters.